The number of nitrogens with one attached hydrogen (secondary N) is 1. The summed E-state index contributed by atoms with van der Waals surface area (Å²) in [7, 11) is 1.78. The van der Waals surface area contributed by atoms with Gasteiger partial charge < -0.3 is 9.73 Å². The van der Waals surface area contributed by atoms with Crippen molar-refractivity contribution >= 4 is 11.0 Å². The van der Waals surface area contributed by atoms with Crippen molar-refractivity contribution in [2.45, 2.75) is 19.4 Å². The van der Waals surface area contributed by atoms with Crippen molar-refractivity contribution in [2.24, 2.45) is 0 Å². The van der Waals surface area contributed by atoms with Gasteiger partial charge in [-0.25, -0.2) is 8.78 Å². The average molecular weight is 225 g/mol. The zero-order valence-corrected chi connectivity index (χ0v) is 9.18. The Balaban J connectivity index is 2.48. The predicted molar refractivity (Wildman–Crippen MR) is 58.4 cm³/mol. The molecule has 0 aliphatic heterocycles. The van der Waals surface area contributed by atoms with Gasteiger partial charge in [-0.2, -0.15) is 0 Å². The highest BCUT2D eigenvalue weighted by atomic mass is 19.2. The molecule has 2 nitrogen and oxygen atoms in total. The van der Waals surface area contributed by atoms with Crippen LogP contribution >= 0.6 is 0 Å². The van der Waals surface area contributed by atoms with Crippen molar-refractivity contribution in [3.05, 3.63) is 35.6 Å². The van der Waals surface area contributed by atoms with Gasteiger partial charge in [0.2, 0.25) is 0 Å². The molecule has 2 rings (SSSR count). The first kappa shape index (κ1) is 11.1. The first-order chi connectivity index (χ1) is 7.63. The van der Waals surface area contributed by atoms with Gasteiger partial charge in [0.25, 0.3) is 0 Å². The fourth-order valence-corrected chi connectivity index (χ4v) is 1.68. The zero-order chi connectivity index (χ0) is 11.7. The number of halogens is 2. The van der Waals surface area contributed by atoms with Crippen molar-refractivity contribution in [1.29, 1.82) is 0 Å². The molecule has 2 aromatic rings. The zero-order valence-electron chi connectivity index (χ0n) is 9.18. The van der Waals surface area contributed by atoms with Crippen LogP contribution in [0.15, 0.2) is 22.8 Å². The third-order valence-corrected chi connectivity index (χ3v) is 2.73. The second-order valence-corrected chi connectivity index (χ2v) is 3.89. The summed E-state index contributed by atoms with van der Waals surface area (Å²) in [6.45, 7) is 1.91. The van der Waals surface area contributed by atoms with E-state index in [1.165, 1.54) is 12.3 Å². The molecule has 0 saturated heterocycles. The molecule has 1 N–H and O–H groups in total. The van der Waals surface area contributed by atoms with E-state index in [1.54, 1.807) is 13.1 Å². The third-order valence-electron chi connectivity index (χ3n) is 2.73. The number of furan rings is 1. The van der Waals surface area contributed by atoms with Gasteiger partial charge in [0, 0.05) is 6.04 Å². The Bertz CT molecular complexity index is 507. The van der Waals surface area contributed by atoms with E-state index in [-0.39, 0.29) is 11.4 Å². The minimum absolute atomic E-state index is 0.0845. The van der Waals surface area contributed by atoms with E-state index in [0.717, 1.165) is 0 Å². The van der Waals surface area contributed by atoms with E-state index in [4.69, 9.17) is 4.42 Å². The Morgan fingerprint density at radius 3 is 2.81 bits per heavy atom. The first-order valence-electron chi connectivity index (χ1n) is 5.14. The Labute approximate surface area is 92.2 Å². The molecular formula is C12H13F2NO. The molecule has 86 valence electrons. The van der Waals surface area contributed by atoms with Crippen molar-refractivity contribution in [1.82, 2.24) is 5.32 Å². The highest BCUT2D eigenvalue weighted by Crippen LogP contribution is 2.25. The fraction of sp³-hybridized carbons (Fsp3) is 0.333. The molecule has 0 aliphatic rings. The monoisotopic (exact) mass is 225 g/mol. The molecule has 0 saturated carbocycles. The van der Waals surface area contributed by atoms with Gasteiger partial charge in [-0.05, 0) is 38.1 Å². The normalized spacial score (nSPS) is 13.2. The summed E-state index contributed by atoms with van der Waals surface area (Å²) < 4.78 is 32.3. The summed E-state index contributed by atoms with van der Waals surface area (Å²) in [5.41, 5.74) is 0.721. The molecule has 1 aromatic heterocycles. The van der Waals surface area contributed by atoms with Gasteiger partial charge in [0.05, 0.1) is 11.6 Å². The molecule has 0 fully saturated rings. The maximum Gasteiger partial charge on any atom is 0.170 e. The number of hydrogen-bond donors (Lipinski definition) is 1. The lowest BCUT2D eigenvalue weighted by Crippen LogP contribution is -2.24. The number of fused-ring (bicyclic) bond motifs is 1. The number of benzene rings is 1. The van der Waals surface area contributed by atoms with Gasteiger partial charge in [0.1, 0.15) is 5.58 Å². The van der Waals surface area contributed by atoms with Crippen molar-refractivity contribution in [3.8, 4) is 0 Å². The molecule has 16 heavy (non-hydrogen) atoms. The SMILES string of the molecule is CNC(C)Cc1cc2occc2c(F)c1F. The molecule has 1 unspecified atom stereocenters. The Kier molecular flexibility index (Phi) is 2.92. The molecule has 4 heteroatoms. The molecule has 0 amide bonds. The average Bonchev–Trinajstić information content (AvgIpc) is 2.73. The van der Waals surface area contributed by atoms with Gasteiger partial charge in [-0.15, -0.1) is 0 Å². The molecule has 1 aromatic carbocycles. The van der Waals surface area contributed by atoms with Crippen molar-refractivity contribution in [2.75, 3.05) is 7.05 Å². The molecule has 0 radical (unpaired) electrons. The summed E-state index contributed by atoms with van der Waals surface area (Å²) >= 11 is 0. The maximum atomic E-state index is 13.7. The van der Waals surface area contributed by atoms with E-state index >= 15 is 0 Å². The van der Waals surface area contributed by atoms with Gasteiger partial charge >= 0.3 is 0 Å². The Morgan fingerprint density at radius 2 is 2.12 bits per heavy atom. The standard InChI is InChI=1S/C12H13F2NO/c1-7(15-2)5-8-6-10-9(3-4-16-10)12(14)11(8)13/h3-4,6-7,15H,5H2,1-2H3. The molecular weight excluding hydrogens is 212 g/mol. The van der Waals surface area contributed by atoms with Crippen LogP contribution < -0.4 is 5.32 Å². The first-order valence-corrected chi connectivity index (χ1v) is 5.14. The minimum Gasteiger partial charge on any atom is -0.464 e. The summed E-state index contributed by atoms with van der Waals surface area (Å²) in [5, 5.41) is 3.18. The van der Waals surface area contributed by atoms with Crippen LogP contribution in [0.2, 0.25) is 0 Å². The van der Waals surface area contributed by atoms with E-state index in [0.29, 0.717) is 17.6 Å². The number of likely N-dealkylation sites (N-methyl/N-ethyl adjacent to an activating group) is 1. The van der Waals surface area contributed by atoms with Crippen LogP contribution in [0.5, 0.6) is 0 Å². The quantitative estimate of drug-likeness (QED) is 0.868. The molecule has 1 heterocycles. The highest BCUT2D eigenvalue weighted by Gasteiger charge is 2.16. The van der Waals surface area contributed by atoms with E-state index in [9.17, 15) is 8.78 Å². The third kappa shape index (κ3) is 1.80. The lowest BCUT2D eigenvalue weighted by molar-refractivity contribution is 0.494. The molecule has 0 spiro atoms. The van der Waals surface area contributed by atoms with Crippen LogP contribution in [0.3, 0.4) is 0 Å². The van der Waals surface area contributed by atoms with E-state index in [2.05, 4.69) is 5.32 Å². The molecule has 0 bridgehead atoms. The van der Waals surface area contributed by atoms with Crippen LogP contribution in [0.1, 0.15) is 12.5 Å². The second-order valence-electron chi connectivity index (χ2n) is 3.89. The van der Waals surface area contributed by atoms with Gasteiger partial charge in [-0.1, -0.05) is 0 Å². The second kappa shape index (κ2) is 4.22. The number of rotatable bonds is 3. The van der Waals surface area contributed by atoms with Gasteiger partial charge in [0.15, 0.2) is 11.6 Å². The lowest BCUT2D eigenvalue weighted by atomic mass is 10.0. The lowest BCUT2D eigenvalue weighted by Gasteiger charge is -2.11. The summed E-state index contributed by atoms with van der Waals surface area (Å²) in [4.78, 5) is 0. The topological polar surface area (TPSA) is 25.2 Å². The van der Waals surface area contributed by atoms with E-state index < -0.39 is 11.6 Å². The van der Waals surface area contributed by atoms with Gasteiger partial charge in [-0.3, -0.25) is 0 Å². The summed E-state index contributed by atoms with van der Waals surface area (Å²) in [6.07, 6.45) is 1.79. The molecule has 0 aliphatic carbocycles. The predicted octanol–water partition coefficient (Wildman–Crippen LogP) is 2.86. The summed E-state index contributed by atoms with van der Waals surface area (Å²) in [6, 6.07) is 3.07. The largest absolute Gasteiger partial charge is 0.464 e. The highest BCUT2D eigenvalue weighted by molar-refractivity contribution is 5.78. The van der Waals surface area contributed by atoms with Crippen LogP contribution in [0, 0.1) is 11.6 Å². The van der Waals surface area contributed by atoms with Crippen LogP contribution in [-0.2, 0) is 6.42 Å². The van der Waals surface area contributed by atoms with Crippen molar-refractivity contribution < 1.29 is 13.2 Å². The molecule has 1 atom stereocenters. The minimum atomic E-state index is -0.829. The van der Waals surface area contributed by atoms with E-state index in [1.807, 2.05) is 6.92 Å². The Hall–Kier alpha value is -1.42. The fourth-order valence-electron chi connectivity index (χ4n) is 1.68. The van der Waals surface area contributed by atoms with Crippen LogP contribution in [0.25, 0.3) is 11.0 Å². The summed E-state index contributed by atoms with van der Waals surface area (Å²) in [5.74, 6) is -1.61. The van der Waals surface area contributed by atoms with Crippen molar-refractivity contribution in [3.63, 3.8) is 0 Å². The maximum absolute atomic E-state index is 13.7. The Morgan fingerprint density at radius 1 is 1.38 bits per heavy atom. The van der Waals surface area contributed by atoms with Crippen LogP contribution in [-0.4, -0.2) is 13.1 Å². The number of hydrogen-bond acceptors (Lipinski definition) is 2. The van der Waals surface area contributed by atoms with Crippen LogP contribution in [0.4, 0.5) is 8.78 Å². The smallest absolute Gasteiger partial charge is 0.170 e.